The van der Waals surface area contributed by atoms with E-state index in [1.165, 1.54) is 6.92 Å². The molecule has 0 saturated carbocycles. The summed E-state index contributed by atoms with van der Waals surface area (Å²) in [5, 5.41) is 16.2. The van der Waals surface area contributed by atoms with Crippen molar-refractivity contribution in [3.8, 4) is 5.75 Å². The number of benzene rings is 2. The Hall–Kier alpha value is -2.83. The molecule has 0 amide bonds. The maximum absolute atomic E-state index is 11.3. The minimum atomic E-state index is -1.10. The minimum absolute atomic E-state index is 0.0486. The standard InChI is InChI=1S/C21H19Cl2N3O3/c1-12(21(27)28)25-26-13(2)24-18(14-4-7-16(22)8-5-14)11-19(26)15-6-9-20(29-3)17(23)10-15/h4-11,13H,1-3H3,(H,27,28)/b25-12+. The van der Waals surface area contributed by atoms with Gasteiger partial charge in [0.15, 0.2) is 0 Å². The van der Waals surface area contributed by atoms with E-state index in [4.69, 9.17) is 27.9 Å². The number of carboxylic acid groups (broad SMARTS) is 1. The van der Waals surface area contributed by atoms with Crippen LogP contribution in [0.4, 0.5) is 0 Å². The summed E-state index contributed by atoms with van der Waals surface area (Å²) in [6, 6.07) is 12.7. The van der Waals surface area contributed by atoms with E-state index in [-0.39, 0.29) is 5.71 Å². The highest BCUT2D eigenvalue weighted by Crippen LogP contribution is 2.33. The molecule has 0 saturated heterocycles. The van der Waals surface area contributed by atoms with Crippen LogP contribution in [0, 0.1) is 0 Å². The van der Waals surface area contributed by atoms with Crippen molar-refractivity contribution in [3.05, 3.63) is 69.7 Å². The third-order valence-corrected chi connectivity index (χ3v) is 4.90. The minimum Gasteiger partial charge on any atom is -0.495 e. The number of methoxy groups -OCH3 is 1. The first-order valence-electron chi connectivity index (χ1n) is 8.77. The molecule has 0 fully saturated rings. The number of hydrogen-bond donors (Lipinski definition) is 1. The van der Waals surface area contributed by atoms with Crippen LogP contribution in [-0.4, -0.2) is 40.8 Å². The third-order valence-electron chi connectivity index (χ3n) is 4.35. The monoisotopic (exact) mass is 431 g/mol. The molecule has 6 nitrogen and oxygen atoms in total. The molecular formula is C21H19Cl2N3O3. The van der Waals surface area contributed by atoms with E-state index in [0.717, 1.165) is 16.8 Å². The number of carboxylic acids is 1. The van der Waals surface area contributed by atoms with Gasteiger partial charge in [-0.1, -0.05) is 35.3 Å². The van der Waals surface area contributed by atoms with E-state index in [2.05, 4.69) is 10.1 Å². The fourth-order valence-electron chi connectivity index (χ4n) is 2.85. The molecule has 8 heteroatoms. The summed E-state index contributed by atoms with van der Waals surface area (Å²) >= 11 is 12.3. The lowest BCUT2D eigenvalue weighted by atomic mass is 10.0. The third kappa shape index (κ3) is 4.60. The van der Waals surface area contributed by atoms with Gasteiger partial charge in [-0.15, -0.1) is 0 Å². The summed E-state index contributed by atoms with van der Waals surface area (Å²) in [5.41, 5.74) is 2.99. The number of rotatable bonds is 5. The normalized spacial score (nSPS) is 16.9. The van der Waals surface area contributed by atoms with Crippen molar-refractivity contribution in [3.63, 3.8) is 0 Å². The molecule has 2 aromatic rings. The van der Waals surface area contributed by atoms with Crippen molar-refractivity contribution in [1.29, 1.82) is 0 Å². The predicted molar refractivity (Wildman–Crippen MR) is 116 cm³/mol. The van der Waals surface area contributed by atoms with Gasteiger partial charge in [-0.2, -0.15) is 5.10 Å². The number of aliphatic imine (C=N–C) groups is 1. The zero-order chi connectivity index (χ0) is 21.1. The second kappa shape index (κ2) is 8.68. The van der Waals surface area contributed by atoms with Crippen molar-refractivity contribution in [1.82, 2.24) is 5.01 Å². The van der Waals surface area contributed by atoms with E-state index in [1.54, 1.807) is 36.4 Å². The largest absolute Gasteiger partial charge is 0.495 e. The molecule has 29 heavy (non-hydrogen) atoms. The molecule has 1 heterocycles. The topological polar surface area (TPSA) is 74.5 Å². The van der Waals surface area contributed by atoms with Gasteiger partial charge in [-0.3, -0.25) is 4.99 Å². The highest BCUT2D eigenvalue weighted by molar-refractivity contribution is 6.34. The van der Waals surface area contributed by atoms with Crippen LogP contribution in [-0.2, 0) is 4.79 Å². The number of aliphatic carboxylic acids is 1. The highest BCUT2D eigenvalue weighted by atomic mass is 35.5. The molecule has 1 N–H and O–H groups in total. The van der Waals surface area contributed by atoms with Gasteiger partial charge in [0.25, 0.3) is 0 Å². The summed E-state index contributed by atoms with van der Waals surface area (Å²) in [6.45, 7) is 3.28. The zero-order valence-corrected chi connectivity index (χ0v) is 17.6. The van der Waals surface area contributed by atoms with Gasteiger partial charge in [0.05, 0.1) is 23.5 Å². The second-order valence-corrected chi connectivity index (χ2v) is 7.21. The Morgan fingerprint density at radius 1 is 1.17 bits per heavy atom. The SMILES string of the molecule is COc1ccc(C2=CC(c3ccc(Cl)cc3)=NC(C)N2/N=C(\C)C(=O)O)cc1Cl. The summed E-state index contributed by atoms with van der Waals surface area (Å²) in [5.74, 6) is -0.556. The number of allylic oxidation sites excluding steroid dienone is 1. The first-order valence-corrected chi connectivity index (χ1v) is 9.53. The lowest BCUT2D eigenvalue weighted by Gasteiger charge is -2.31. The fourth-order valence-corrected chi connectivity index (χ4v) is 3.24. The molecule has 1 atom stereocenters. The molecule has 0 aromatic heterocycles. The Kier molecular flexibility index (Phi) is 6.25. The van der Waals surface area contributed by atoms with Gasteiger partial charge in [0, 0.05) is 10.6 Å². The number of halogens is 2. The number of carbonyl (C=O) groups is 1. The zero-order valence-electron chi connectivity index (χ0n) is 16.1. The van der Waals surface area contributed by atoms with Crippen LogP contribution < -0.4 is 4.74 Å². The Bertz CT molecular complexity index is 1030. The van der Waals surface area contributed by atoms with Crippen LogP contribution in [0.5, 0.6) is 5.75 Å². The summed E-state index contributed by atoms with van der Waals surface area (Å²) < 4.78 is 5.23. The van der Waals surface area contributed by atoms with E-state index in [9.17, 15) is 9.90 Å². The molecule has 0 spiro atoms. The van der Waals surface area contributed by atoms with Gasteiger partial charge in [0.2, 0.25) is 0 Å². The Morgan fingerprint density at radius 2 is 1.83 bits per heavy atom. The molecule has 2 aromatic carbocycles. The molecule has 1 aliphatic rings. The Balaban J connectivity index is 2.13. The molecule has 150 valence electrons. The first kappa shape index (κ1) is 20.9. The van der Waals surface area contributed by atoms with Gasteiger partial charge >= 0.3 is 5.97 Å². The van der Waals surface area contributed by atoms with E-state index >= 15 is 0 Å². The lowest BCUT2D eigenvalue weighted by molar-refractivity contribution is -0.129. The smallest absolute Gasteiger partial charge is 0.351 e. The number of nitrogens with zero attached hydrogens (tertiary/aromatic N) is 3. The average molecular weight is 432 g/mol. The Labute approximate surface area is 178 Å². The van der Waals surface area contributed by atoms with Crippen molar-refractivity contribution in [2.75, 3.05) is 7.11 Å². The maximum atomic E-state index is 11.3. The summed E-state index contributed by atoms with van der Waals surface area (Å²) in [7, 11) is 1.54. The van der Waals surface area contributed by atoms with Crippen molar-refractivity contribution >= 4 is 46.3 Å². The van der Waals surface area contributed by atoms with Gasteiger partial charge < -0.3 is 9.84 Å². The van der Waals surface area contributed by atoms with Crippen molar-refractivity contribution < 1.29 is 14.6 Å². The molecule has 3 rings (SSSR count). The van der Waals surface area contributed by atoms with Crippen molar-refractivity contribution in [2.24, 2.45) is 10.1 Å². The molecule has 1 unspecified atom stereocenters. The maximum Gasteiger partial charge on any atom is 0.351 e. The van der Waals surface area contributed by atoms with Gasteiger partial charge in [-0.05, 0) is 55.8 Å². The fraction of sp³-hybridized carbons (Fsp3) is 0.190. The molecular weight excluding hydrogens is 413 g/mol. The highest BCUT2D eigenvalue weighted by Gasteiger charge is 2.25. The van der Waals surface area contributed by atoms with Crippen LogP contribution in [0.2, 0.25) is 10.0 Å². The van der Waals surface area contributed by atoms with Gasteiger partial charge in [-0.25, -0.2) is 9.80 Å². The van der Waals surface area contributed by atoms with Crippen LogP contribution in [0.15, 0.2) is 58.6 Å². The molecule has 0 aliphatic carbocycles. The molecule has 1 aliphatic heterocycles. The van der Waals surface area contributed by atoms with E-state index < -0.39 is 12.1 Å². The number of hydrazone groups is 1. The van der Waals surface area contributed by atoms with E-state index in [1.807, 2.05) is 31.2 Å². The van der Waals surface area contributed by atoms with Gasteiger partial charge in [0.1, 0.15) is 17.6 Å². The van der Waals surface area contributed by atoms with Crippen LogP contribution in [0.1, 0.15) is 25.0 Å². The molecule has 0 bridgehead atoms. The quantitative estimate of drug-likeness (QED) is 0.679. The van der Waals surface area contributed by atoms with Crippen molar-refractivity contribution in [2.45, 2.75) is 20.0 Å². The summed E-state index contributed by atoms with van der Waals surface area (Å²) in [6.07, 6.45) is 1.41. The number of ether oxygens (including phenoxy) is 1. The number of hydrogen-bond acceptors (Lipinski definition) is 5. The second-order valence-electron chi connectivity index (χ2n) is 6.37. The Morgan fingerprint density at radius 3 is 2.41 bits per heavy atom. The average Bonchev–Trinajstić information content (AvgIpc) is 2.69. The summed E-state index contributed by atoms with van der Waals surface area (Å²) in [4.78, 5) is 16.0. The van der Waals surface area contributed by atoms with E-state index in [0.29, 0.717) is 21.5 Å². The van der Waals surface area contributed by atoms with Crippen LogP contribution in [0.25, 0.3) is 5.70 Å². The van der Waals surface area contributed by atoms with Crippen LogP contribution in [0.3, 0.4) is 0 Å². The molecule has 0 radical (unpaired) electrons. The van der Waals surface area contributed by atoms with Crippen LogP contribution >= 0.6 is 23.2 Å². The first-order chi connectivity index (χ1) is 13.8. The predicted octanol–water partition coefficient (Wildman–Crippen LogP) is 4.95. The lowest BCUT2D eigenvalue weighted by Crippen LogP contribution is -2.32.